The number of aliphatic imine (C=N–C) groups is 1. The summed E-state index contributed by atoms with van der Waals surface area (Å²) in [6.07, 6.45) is 2.58. The van der Waals surface area contributed by atoms with Crippen LogP contribution in [0.25, 0.3) is 0 Å². The standard InChI is InChI=1S/C19H30N4O3S.HI/c1-3-20-19(23-12-5-8-15(14-23)18(25)26-4-2)22-11-7-10-21-17(24)16-9-6-13-27-16;/h6,9,13,15H,3-5,7-8,10-12,14H2,1-2H3,(H,20,22)(H,21,24);1H. The van der Waals surface area contributed by atoms with Gasteiger partial charge in [0.15, 0.2) is 5.96 Å². The van der Waals surface area contributed by atoms with Crippen LogP contribution in [0.1, 0.15) is 42.8 Å². The number of nitrogens with one attached hydrogen (secondary N) is 2. The molecule has 1 atom stereocenters. The number of esters is 1. The van der Waals surface area contributed by atoms with E-state index < -0.39 is 0 Å². The number of hydrogen-bond acceptors (Lipinski definition) is 5. The van der Waals surface area contributed by atoms with Gasteiger partial charge < -0.3 is 20.3 Å². The molecule has 2 rings (SSSR count). The second kappa shape index (κ2) is 13.8. The van der Waals surface area contributed by atoms with Crippen LogP contribution >= 0.6 is 35.3 Å². The molecule has 1 aromatic heterocycles. The van der Waals surface area contributed by atoms with Crippen molar-refractivity contribution in [3.05, 3.63) is 22.4 Å². The number of thiophene rings is 1. The summed E-state index contributed by atoms with van der Waals surface area (Å²) in [5.74, 6) is 0.590. The number of carbonyl (C=O) groups excluding carboxylic acids is 2. The lowest BCUT2D eigenvalue weighted by molar-refractivity contribution is -0.149. The molecule has 2 N–H and O–H groups in total. The fraction of sp³-hybridized carbons (Fsp3) is 0.632. The maximum absolute atomic E-state index is 12.0. The SMILES string of the molecule is CCNC(=NCCCNC(=O)c1cccs1)N1CCCC(C(=O)OCC)C1.I. The fourth-order valence-electron chi connectivity index (χ4n) is 3.01. The predicted octanol–water partition coefficient (Wildman–Crippen LogP) is 2.73. The lowest BCUT2D eigenvalue weighted by Gasteiger charge is -2.34. The lowest BCUT2D eigenvalue weighted by Crippen LogP contribution is -2.48. The van der Waals surface area contributed by atoms with E-state index in [-0.39, 0.29) is 41.8 Å². The minimum absolute atomic E-state index is 0. The van der Waals surface area contributed by atoms with Crippen molar-refractivity contribution in [1.82, 2.24) is 15.5 Å². The highest BCUT2D eigenvalue weighted by Gasteiger charge is 2.28. The third-order valence-corrected chi connectivity index (χ3v) is 5.17. The first-order valence-electron chi connectivity index (χ1n) is 9.67. The molecule has 0 spiro atoms. The van der Waals surface area contributed by atoms with Crippen LogP contribution in [0.15, 0.2) is 22.5 Å². The minimum atomic E-state index is -0.116. The smallest absolute Gasteiger partial charge is 0.310 e. The van der Waals surface area contributed by atoms with Gasteiger partial charge in [0.05, 0.1) is 17.4 Å². The van der Waals surface area contributed by atoms with Gasteiger partial charge in [0.1, 0.15) is 0 Å². The number of rotatable bonds is 8. The Hall–Kier alpha value is -1.36. The van der Waals surface area contributed by atoms with E-state index in [0.717, 1.165) is 43.2 Å². The topological polar surface area (TPSA) is 83.0 Å². The van der Waals surface area contributed by atoms with Crippen molar-refractivity contribution in [3.8, 4) is 0 Å². The molecule has 7 nitrogen and oxygen atoms in total. The highest BCUT2D eigenvalue weighted by molar-refractivity contribution is 14.0. The van der Waals surface area contributed by atoms with E-state index in [2.05, 4.69) is 20.5 Å². The number of piperidine rings is 1. The van der Waals surface area contributed by atoms with Crippen LogP contribution in [0.4, 0.5) is 0 Å². The molecule has 2 heterocycles. The molecule has 1 aliphatic rings. The van der Waals surface area contributed by atoms with E-state index in [1.54, 1.807) is 0 Å². The lowest BCUT2D eigenvalue weighted by atomic mass is 9.98. The largest absolute Gasteiger partial charge is 0.466 e. The van der Waals surface area contributed by atoms with Gasteiger partial charge in [-0.25, -0.2) is 0 Å². The number of likely N-dealkylation sites (tertiary alicyclic amines) is 1. The Balaban J connectivity index is 0.00000392. The molecular formula is C19H31IN4O3S. The van der Waals surface area contributed by atoms with E-state index >= 15 is 0 Å². The van der Waals surface area contributed by atoms with Crippen molar-refractivity contribution in [3.63, 3.8) is 0 Å². The minimum Gasteiger partial charge on any atom is -0.466 e. The Labute approximate surface area is 188 Å². The fourth-order valence-corrected chi connectivity index (χ4v) is 3.65. The van der Waals surface area contributed by atoms with Crippen molar-refractivity contribution in [2.24, 2.45) is 10.9 Å². The first-order chi connectivity index (χ1) is 13.2. The normalized spacial score (nSPS) is 16.9. The Morgan fingerprint density at radius 1 is 1.36 bits per heavy atom. The van der Waals surface area contributed by atoms with Gasteiger partial charge in [0, 0.05) is 32.7 Å². The van der Waals surface area contributed by atoms with Gasteiger partial charge in [-0.15, -0.1) is 35.3 Å². The van der Waals surface area contributed by atoms with E-state index in [1.807, 2.05) is 31.4 Å². The van der Waals surface area contributed by atoms with Crippen molar-refractivity contribution in [1.29, 1.82) is 0 Å². The van der Waals surface area contributed by atoms with Crippen LogP contribution in [0.2, 0.25) is 0 Å². The van der Waals surface area contributed by atoms with E-state index in [9.17, 15) is 9.59 Å². The molecule has 1 aromatic rings. The first-order valence-corrected chi connectivity index (χ1v) is 10.5. The molecule has 0 saturated carbocycles. The molecule has 1 fully saturated rings. The molecule has 0 radical (unpaired) electrons. The van der Waals surface area contributed by atoms with Crippen molar-refractivity contribution in [2.75, 3.05) is 39.3 Å². The molecule has 1 unspecified atom stereocenters. The Morgan fingerprint density at radius 2 is 2.18 bits per heavy atom. The van der Waals surface area contributed by atoms with Gasteiger partial charge in [-0.2, -0.15) is 0 Å². The Kier molecular flexibility index (Phi) is 12.1. The summed E-state index contributed by atoms with van der Waals surface area (Å²) in [4.78, 5) is 31.5. The Morgan fingerprint density at radius 3 is 2.86 bits per heavy atom. The van der Waals surface area contributed by atoms with Crippen LogP contribution in [0.3, 0.4) is 0 Å². The number of halogens is 1. The summed E-state index contributed by atoms with van der Waals surface area (Å²) in [5.41, 5.74) is 0. The third kappa shape index (κ3) is 7.94. The molecule has 28 heavy (non-hydrogen) atoms. The van der Waals surface area contributed by atoms with Gasteiger partial charge in [-0.3, -0.25) is 14.6 Å². The maximum Gasteiger partial charge on any atom is 0.310 e. The van der Waals surface area contributed by atoms with Crippen LogP contribution in [0, 0.1) is 5.92 Å². The second-order valence-electron chi connectivity index (χ2n) is 6.36. The summed E-state index contributed by atoms with van der Waals surface area (Å²) < 4.78 is 5.17. The van der Waals surface area contributed by atoms with Crippen LogP contribution < -0.4 is 10.6 Å². The van der Waals surface area contributed by atoms with Crippen molar-refractivity contribution in [2.45, 2.75) is 33.1 Å². The van der Waals surface area contributed by atoms with E-state index in [0.29, 0.717) is 26.2 Å². The number of amides is 1. The number of carbonyl (C=O) groups is 2. The highest BCUT2D eigenvalue weighted by atomic mass is 127. The molecule has 158 valence electrons. The number of nitrogens with zero attached hydrogens (tertiary/aromatic N) is 2. The average Bonchev–Trinajstić information content (AvgIpc) is 3.22. The monoisotopic (exact) mass is 522 g/mol. The molecule has 9 heteroatoms. The summed E-state index contributed by atoms with van der Waals surface area (Å²) in [7, 11) is 0. The van der Waals surface area contributed by atoms with Crippen LogP contribution in [-0.4, -0.2) is 62.1 Å². The van der Waals surface area contributed by atoms with E-state index in [4.69, 9.17) is 4.74 Å². The highest BCUT2D eigenvalue weighted by Crippen LogP contribution is 2.18. The maximum atomic E-state index is 12.0. The van der Waals surface area contributed by atoms with Crippen molar-refractivity contribution < 1.29 is 14.3 Å². The van der Waals surface area contributed by atoms with Gasteiger partial charge in [0.2, 0.25) is 0 Å². The second-order valence-corrected chi connectivity index (χ2v) is 7.31. The van der Waals surface area contributed by atoms with E-state index in [1.165, 1.54) is 11.3 Å². The predicted molar refractivity (Wildman–Crippen MR) is 124 cm³/mol. The van der Waals surface area contributed by atoms with Gasteiger partial charge in [-0.1, -0.05) is 6.07 Å². The van der Waals surface area contributed by atoms with Crippen molar-refractivity contribution >= 4 is 53.1 Å². The molecular weight excluding hydrogens is 491 g/mol. The molecule has 0 aliphatic carbocycles. The number of guanidine groups is 1. The molecule has 1 aliphatic heterocycles. The summed E-state index contributed by atoms with van der Waals surface area (Å²) in [6.45, 7) is 7.79. The average molecular weight is 522 g/mol. The third-order valence-electron chi connectivity index (χ3n) is 4.30. The first kappa shape index (κ1) is 24.7. The zero-order chi connectivity index (χ0) is 19.5. The number of hydrogen-bond donors (Lipinski definition) is 2. The zero-order valence-corrected chi connectivity index (χ0v) is 19.8. The molecule has 1 saturated heterocycles. The molecule has 0 aromatic carbocycles. The van der Waals surface area contributed by atoms with Crippen LogP contribution in [-0.2, 0) is 9.53 Å². The number of ether oxygens (including phenoxy) is 1. The summed E-state index contributed by atoms with van der Waals surface area (Å²) in [6, 6.07) is 3.69. The van der Waals surface area contributed by atoms with Gasteiger partial charge >= 0.3 is 5.97 Å². The molecule has 0 bridgehead atoms. The quantitative estimate of drug-likeness (QED) is 0.181. The Bertz CT molecular complexity index is 625. The molecule has 1 amide bonds. The van der Waals surface area contributed by atoms with Gasteiger partial charge in [-0.05, 0) is 44.6 Å². The summed E-state index contributed by atoms with van der Waals surface area (Å²) in [5, 5.41) is 8.11. The van der Waals surface area contributed by atoms with Gasteiger partial charge in [0.25, 0.3) is 5.91 Å². The van der Waals surface area contributed by atoms with Crippen LogP contribution in [0.5, 0.6) is 0 Å². The summed E-state index contributed by atoms with van der Waals surface area (Å²) >= 11 is 1.44. The zero-order valence-electron chi connectivity index (χ0n) is 16.6.